The van der Waals surface area contributed by atoms with Crippen molar-refractivity contribution in [1.29, 1.82) is 0 Å². The van der Waals surface area contributed by atoms with Crippen LogP contribution in [0.15, 0.2) is 0 Å². The molecule has 0 amide bonds. The fourth-order valence-corrected chi connectivity index (χ4v) is 8.62. The number of likely N-dealkylation sites (N-methyl/N-ethyl adjacent to an activating group) is 2. The zero-order chi connectivity index (χ0) is 38.4. The minimum absolute atomic E-state index is 0.330. The van der Waals surface area contributed by atoms with Gasteiger partial charge < -0.3 is 19.2 Å². The van der Waals surface area contributed by atoms with Crippen LogP contribution >= 0.6 is 23.2 Å². The van der Waals surface area contributed by atoms with Crippen LogP contribution in [0.5, 0.6) is 0 Å². The van der Waals surface area contributed by atoms with Crippen LogP contribution in [0.25, 0.3) is 0 Å². The van der Waals surface area contributed by atoms with E-state index in [9.17, 15) is 10.2 Å². The molecule has 0 radical (unpaired) electrons. The predicted octanol–water partition coefficient (Wildman–Crippen LogP) is 13.6. The van der Waals surface area contributed by atoms with Gasteiger partial charge in [-0.2, -0.15) is 0 Å². The van der Waals surface area contributed by atoms with E-state index in [0.717, 1.165) is 48.2 Å². The first-order chi connectivity index (χ1) is 25.2. The van der Waals surface area contributed by atoms with Gasteiger partial charge in [0, 0.05) is 0 Å². The average molecular weight is 780 g/mol. The highest BCUT2D eigenvalue weighted by molar-refractivity contribution is 6.18. The van der Waals surface area contributed by atoms with Gasteiger partial charge in [-0.3, -0.25) is 0 Å². The third-order valence-electron chi connectivity index (χ3n) is 11.9. The van der Waals surface area contributed by atoms with Crippen LogP contribution < -0.4 is 0 Å². The van der Waals surface area contributed by atoms with Gasteiger partial charge in [0.1, 0.15) is 25.3 Å². The van der Waals surface area contributed by atoms with E-state index in [1.807, 2.05) is 0 Å². The smallest absolute Gasteiger partial charge is 0.116 e. The van der Waals surface area contributed by atoms with Gasteiger partial charge in [-0.15, -0.1) is 23.2 Å². The van der Waals surface area contributed by atoms with Gasteiger partial charge in [0.05, 0.1) is 52.0 Å². The maximum Gasteiger partial charge on any atom is 0.116 e. The Morgan fingerprint density at radius 3 is 0.673 bits per heavy atom. The molecule has 2 N–H and O–H groups in total. The van der Waals surface area contributed by atoms with Gasteiger partial charge in [-0.1, -0.05) is 168 Å². The fraction of sp³-hybridized carbons (Fsp3) is 1.00. The molecule has 0 saturated carbocycles. The van der Waals surface area contributed by atoms with E-state index in [0.29, 0.717) is 11.8 Å². The van der Waals surface area contributed by atoms with Crippen molar-refractivity contribution < 1.29 is 19.2 Å². The number of nitrogens with zero attached hydrogens (tertiary/aromatic N) is 2. The molecule has 4 atom stereocenters. The number of alkyl halides is 2. The average Bonchev–Trinajstić information content (AvgIpc) is 3.13. The summed E-state index contributed by atoms with van der Waals surface area (Å²) in [6, 6.07) is 0. The minimum Gasteiger partial charge on any atom is -0.386 e. The lowest BCUT2D eigenvalue weighted by Gasteiger charge is -2.37. The molecular weight excluding hydrogens is 683 g/mol. The van der Waals surface area contributed by atoms with Crippen molar-refractivity contribution in [3.63, 3.8) is 0 Å². The number of halogens is 2. The molecule has 6 heteroatoms. The molecule has 0 aromatic carbocycles. The number of aliphatic hydroxyl groups excluding tert-OH is 2. The van der Waals surface area contributed by atoms with Gasteiger partial charge >= 0.3 is 0 Å². The Bertz CT molecular complexity index is 658. The Kier molecular flexibility index (Phi) is 38.6. The van der Waals surface area contributed by atoms with Crippen molar-refractivity contribution in [1.82, 2.24) is 0 Å². The second kappa shape index (κ2) is 38.3. The van der Waals surface area contributed by atoms with E-state index in [1.165, 1.54) is 205 Å². The third kappa shape index (κ3) is 34.9. The monoisotopic (exact) mass is 779 g/mol. The number of unbranched alkanes of at least 4 members (excludes halogenated alkanes) is 29. The highest BCUT2D eigenvalue weighted by Crippen LogP contribution is 2.19. The predicted molar refractivity (Wildman–Crippen MR) is 234 cm³/mol. The van der Waals surface area contributed by atoms with Crippen LogP contribution in [0.2, 0.25) is 0 Å². The Balaban J connectivity index is 4.24. The molecular formula is C46H96Cl2N2O2+2. The molecule has 0 heterocycles. The second-order valence-electron chi connectivity index (χ2n) is 17.7. The van der Waals surface area contributed by atoms with Gasteiger partial charge in [0.15, 0.2) is 0 Å². The third-order valence-corrected chi connectivity index (χ3v) is 12.6. The lowest BCUT2D eigenvalue weighted by atomic mass is 10.0. The molecule has 4 nitrogen and oxygen atoms in total. The summed E-state index contributed by atoms with van der Waals surface area (Å²) in [5, 5.41) is 20.9. The lowest BCUT2D eigenvalue weighted by Crippen LogP contribution is -2.51. The summed E-state index contributed by atoms with van der Waals surface area (Å²) >= 11 is 12.1. The summed E-state index contributed by atoms with van der Waals surface area (Å²) in [6.45, 7) is 10.7. The summed E-state index contributed by atoms with van der Waals surface area (Å²) < 4.78 is 1.89. The highest BCUT2D eigenvalue weighted by atomic mass is 35.5. The van der Waals surface area contributed by atoms with Crippen LogP contribution in [-0.4, -0.2) is 96.5 Å². The van der Waals surface area contributed by atoms with E-state index in [4.69, 9.17) is 23.2 Å². The number of rotatable bonds is 43. The fourth-order valence-electron chi connectivity index (χ4n) is 8.42. The van der Waals surface area contributed by atoms with E-state index in [1.54, 1.807) is 0 Å². The van der Waals surface area contributed by atoms with Crippen molar-refractivity contribution in [3.05, 3.63) is 0 Å². The zero-order valence-electron chi connectivity index (χ0n) is 36.0. The molecule has 0 aliphatic rings. The summed E-state index contributed by atoms with van der Waals surface area (Å²) in [6.07, 6.45) is 43.0. The number of hydrogen-bond donors (Lipinski definition) is 2. The van der Waals surface area contributed by atoms with Crippen LogP contribution in [0.4, 0.5) is 0 Å². The van der Waals surface area contributed by atoms with E-state index < -0.39 is 12.2 Å². The standard InChI is InChI=1S/C46H96Cl2N2O2/c1-5-7-9-11-13-15-17-19-21-23-25-27-29-33-37-49(3,43-45(51)41-47)39-35-31-32-36-40-50(4,44-46(52)42-48)38-34-30-28-26-24-22-20-18-16-14-12-10-8-6-2/h45-46,51-52H,5-44H2,1-4H3/q+2. The quantitative estimate of drug-likeness (QED) is 0.0368. The highest BCUT2D eigenvalue weighted by Gasteiger charge is 2.26. The largest absolute Gasteiger partial charge is 0.386 e. The maximum atomic E-state index is 10.5. The van der Waals surface area contributed by atoms with E-state index in [-0.39, 0.29) is 0 Å². The van der Waals surface area contributed by atoms with Gasteiger partial charge in [-0.25, -0.2) is 0 Å². The van der Waals surface area contributed by atoms with Crippen LogP contribution in [0, 0.1) is 0 Å². The first-order valence-electron chi connectivity index (χ1n) is 23.4. The molecule has 0 fully saturated rings. The molecule has 0 rings (SSSR count). The molecule has 0 aliphatic heterocycles. The molecule has 0 bridgehead atoms. The van der Waals surface area contributed by atoms with E-state index >= 15 is 0 Å². The molecule has 0 aromatic heterocycles. The Hall–Kier alpha value is 0.420. The SMILES string of the molecule is CCCCCCCCCCCCCCCC[N+](C)(CCCCCC[N+](C)(CCCCCCCCCCCCCCCC)CC(O)CCl)CC(O)CCl. The first kappa shape index (κ1) is 52.4. The molecule has 0 saturated heterocycles. The van der Waals surface area contributed by atoms with Crippen molar-refractivity contribution in [3.8, 4) is 0 Å². The molecule has 314 valence electrons. The molecule has 0 aliphatic carbocycles. The van der Waals surface area contributed by atoms with Crippen LogP contribution in [0.3, 0.4) is 0 Å². The molecule has 0 spiro atoms. The molecule has 52 heavy (non-hydrogen) atoms. The minimum atomic E-state index is -0.417. The topological polar surface area (TPSA) is 40.5 Å². The van der Waals surface area contributed by atoms with Crippen molar-refractivity contribution in [2.24, 2.45) is 0 Å². The van der Waals surface area contributed by atoms with Gasteiger partial charge in [0.2, 0.25) is 0 Å². The Morgan fingerprint density at radius 1 is 0.327 bits per heavy atom. The summed E-state index contributed by atoms with van der Waals surface area (Å²) in [4.78, 5) is 0. The van der Waals surface area contributed by atoms with Gasteiger partial charge in [0.25, 0.3) is 0 Å². The second-order valence-corrected chi connectivity index (χ2v) is 18.3. The Labute approximate surface area is 337 Å². The van der Waals surface area contributed by atoms with Crippen molar-refractivity contribution in [2.45, 2.75) is 232 Å². The normalized spacial score (nSPS) is 15.5. The summed E-state index contributed by atoms with van der Waals surface area (Å²) in [5.41, 5.74) is 0. The Morgan fingerprint density at radius 2 is 0.500 bits per heavy atom. The van der Waals surface area contributed by atoms with Crippen LogP contribution in [0.1, 0.15) is 219 Å². The summed E-state index contributed by atoms with van der Waals surface area (Å²) in [7, 11) is 4.69. The maximum absolute atomic E-state index is 10.5. The number of hydrogen-bond acceptors (Lipinski definition) is 2. The lowest BCUT2D eigenvalue weighted by molar-refractivity contribution is -0.913. The first-order valence-corrected chi connectivity index (χ1v) is 24.5. The van der Waals surface area contributed by atoms with E-state index in [2.05, 4.69) is 27.9 Å². The summed E-state index contributed by atoms with van der Waals surface area (Å²) in [5.74, 6) is 0.660. The van der Waals surface area contributed by atoms with Crippen molar-refractivity contribution >= 4 is 23.2 Å². The number of aliphatic hydroxyl groups is 2. The van der Waals surface area contributed by atoms with Crippen molar-refractivity contribution in [2.75, 3.05) is 65.1 Å². The van der Waals surface area contributed by atoms with Gasteiger partial charge in [-0.05, 0) is 51.4 Å². The zero-order valence-corrected chi connectivity index (χ0v) is 37.5. The molecule has 0 aromatic rings. The molecule has 4 unspecified atom stereocenters. The van der Waals surface area contributed by atoms with Crippen LogP contribution in [-0.2, 0) is 0 Å². The number of quaternary nitrogens is 2.